The first-order chi connectivity index (χ1) is 38.7. The van der Waals surface area contributed by atoms with E-state index in [4.69, 9.17) is 0 Å². The zero-order valence-corrected chi connectivity index (χ0v) is 43.0. The topological polar surface area (TPSA) is 13.0 Å². The van der Waals surface area contributed by atoms with E-state index in [1.807, 2.05) is 0 Å². The molecule has 0 bridgehead atoms. The number of nitrogens with zero attached hydrogens (tertiary/aromatic N) is 4. The molecule has 14 rings (SSSR count). The van der Waals surface area contributed by atoms with Crippen LogP contribution in [0, 0.1) is 0 Å². The number of para-hydroxylation sites is 6. The summed E-state index contributed by atoms with van der Waals surface area (Å²) < 4.78 is 0. The fourth-order valence-electron chi connectivity index (χ4n) is 12.4. The van der Waals surface area contributed by atoms with Gasteiger partial charge in [-0.05, 0) is 197 Å². The van der Waals surface area contributed by atoms with Crippen molar-refractivity contribution in [3.8, 4) is 11.1 Å². The highest BCUT2D eigenvalue weighted by Gasteiger charge is 2.52. The average Bonchev–Trinajstić information content (AvgIpc) is 2.75. The molecule has 4 heteroatoms. The Hall–Kier alpha value is -10.2. The Bertz CT molecular complexity index is 3730. The van der Waals surface area contributed by atoms with Gasteiger partial charge < -0.3 is 19.6 Å². The molecule has 0 amide bonds. The molecule has 11 aromatic rings. The summed E-state index contributed by atoms with van der Waals surface area (Å²) in [6.45, 7) is 0. The fraction of sp³-hybridized carbons (Fsp3) is 0.0270. The van der Waals surface area contributed by atoms with E-state index in [1.165, 1.54) is 44.5 Å². The van der Waals surface area contributed by atoms with Crippen LogP contribution in [0.4, 0.5) is 68.2 Å². The Morgan fingerprint density at radius 1 is 0.244 bits per heavy atom. The summed E-state index contributed by atoms with van der Waals surface area (Å²) in [5.41, 5.74) is 22.9. The summed E-state index contributed by atoms with van der Waals surface area (Å²) in [4.78, 5) is 9.47. The molecule has 0 unspecified atom stereocenters. The van der Waals surface area contributed by atoms with E-state index >= 15 is 0 Å². The first kappa shape index (κ1) is 46.4. The van der Waals surface area contributed by atoms with Gasteiger partial charge >= 0.3 is 0 Å². The highest BCUT2D eigenvalue weighted by molar-refractivity contribution is 5.99. The van der Waals surface area contributed by atoms with Crippen LogP contribution in [0.3, 0.4) is 0 Å². The summed E-state index contributed by atoms with van der Waals surface area (Å²) in [6, 6.07) is 106. The highest BCUT2D eigenvalue weighted by Crippen LogP contribution is 2.64. The van der Waals surface area contributed by atoms with Gasteiger partial charge in [0.25, 0.3) is 0 Å². The van der Waals surface area contributed by atoms with E-state index in [-0.39, 0.29) is 0 Å². The average molecular weight is 999 g/mol. The number of rotatable bonds is 12. The zero-order valence-electron chi connectivity index (χ0n) is 43.0. The van der Waals surface area contributed by atoms with Crippen LogP contribution in [0.2, 0.25) is 0 Å². The number of allylic oxidation sites excluding steroid dienone is 6. The van der Waals surface area contributed by atoms with Crippen LogP contribution in [-0.2, 0) is 5.41 Å². The van der Waals surface area contributed by atoms with Gasteiger partial charge in [-0.1, -0.05) is 170 Å². The van der Waals surface area contributed by atoms with Gasteiger partial charge in [0, 0.05) is 68.2 Å². The summed E-state index contributed by atoms with van der Waals surface area (Å²) in [5.74, 6) is 0. The van der Waals surface area contributed by atoms with Crippen molar-refractivity contribution in [1.29, 1.82) is 0 Å². The lowest BCUT2D eigenvalue weighted by atomic mass is 9.68. The fourth-order valence-corrected chi connectivity index (χ4v) is 12.4. The standard InChI is InChI=1S/C74H54N4/c1-8-24-54(25-9-1)75(55-26-10-2-11-27-55)60-40-44-62(45-41-60)77(58-32-16-5-17-33-58)64-48-50-68-69-51-49-65(53-73(69)74(72(68)52-64)70-38-21-7-20-36-66(70)67-37-22-23-39-71(67)74)78(59-34-18-6-19-35-59)63-46-42-61(43-47-63)76(56-28-12-3-13-29-56)57-30-14-4-15-31-57/h1-37,39-53H,38H2. The van der Waals surface area contributed by atoms with Crippen molar-refractivity contribution in [3.63, 3.8) is 0 Å². The second kappa shape index (κ2) is 19.8. The molecular formula is C74H54N4. The normalized spacial score (nSPS) is 13.3. The number of fused-ring (bicyclic) bond motifs is 9. The van der Waals surface area contributed by atoms with Gasteiger partial charge in [0.2, 0.25) is 0 Å². The van der Waals surface area contributed by atoms with Crippen LogP contribution in [0.1, 0.15) is 28.7 Å². The summed E-state index contributed by atoms with van der Waals surface area (Å²) in [6.07, 6.45) is 9.94. The lowest BCUT2D eigenvalue weighted by molar-refractivity contribution is 0.747. The van der Waals surface area contributed by atoms with Crippen LogP contribution in [0.25, 0.3) is 16.7 Å². The molecule has 0 saturated heterocycles. The summed E-state index contributed by atoms with van der Waals surface area (Å²) >= 11 is 0. The molecule has 0 saturated carbocycles. The molecule has 0 N–H and O–H groups in total. The van der Waals surface area contributed by atoms with Crippen molar-refractivity contribution in [3.05, 3.63) is 343 Å². The van der Waals surface area contributed by atoms with Gasteiger partial charge in [-0.15, -0.1) is 0 Å². The molecule has 0 fully saturated rings. The maximum absolute atomic E-state index is 2.50. The van der Waals surface area contributed by atoms with Crippen LogP contribution in [-0.4, -0.2) is 0 Å². The SMILES string of the molecule is C1=CCC2=C(C=C1)c1ccccc1C21c2cc(N(c3ccccc3)c3ccc(N(c4ccccc4)c4ccccc4)cc3)ccc2-c2ccc(N(c3ccccc3)c3ccc(N(c4ccccc4)c4ccccc4)cc3)cc21. The maximum Gasteiger partial charge on any atom is 0.0692 e. The van der Waals surface area contributed by atoms with Crippen molar-refractivity contribution >= 4 is 73.8 Å². The minimum atomic E-state index is -0.586. The van der Waals surface area contributed by atoms with Crippen LogP contribution >= 0.6 is 0 Å². The van der Waals surface area contributed by atoms with E-state index in [9.17, 15) is 0 Å². The predicted octanol–water partition coefficient (Wildman–Crippen LogP) is 20.2. The first-order valence-corrected chi connectivity index (χ1v) is 26.9. The van der Waals surface area contributed by atoms with E-state index in [0.29, 0.717) is 0 Å². The molecular weight excluding hydrogens is 945 g/mol. The van der Waals surface area contributed by atoms with E-state index in [2.05, 4.69) is 335 Å². The van der Waals surface area contributed by atoms with Crippen LogP contribution in [0.15, 0.2) is 321 Å². The van der Waals surface area contributed by atoms with Gasteiger partial charge in [-0.3, -0.25) is 0 Å². The van der Waals surface area contributed by atoms with Gasteiger partial charge in [0.1, 0.15) is 0 Å². The smallest absolute Gasteiger partial charge is 0.0692 e. The summed E-state index contributed by atoms with van der Waals surface area (Å²) in [5, 5.41) is 0. The third kappa shape index (κ3) is 7.93. The monoisotopic (exact) mass is 998 g/mol. The molecule has 78 heavy (non-hydrogen) atoms. The van der Waals surface area contributed by atoms with E-state index < -0.39 is 5.41 Å². The molecule has 0 aromatic heterocycles. The quantitative estimate of drug-likeness (QED) is 0.121. The lowest BCUT2D eigenvalue weighted by Crippen LogP contribution is -2.28. The first-order valence-electron chi connectivity index (χ1n) is 26.9. The lowest BCUT2D eigenvalue weighted by Gasteiger charge is -2.35. The predicted molar refractivity (Wildman–Crippen MR) is 327 cm³/mol. The van der Waals surface area contributed by atoms with Crippen molar-refractivity contribution in [2.24, 2.45) is 0 Å². The highest BCUT2D eigenvalue weighted by atomic mass is 15.2. The Balaban J connectivity index is 0.928. The molecule has 3 aliphatic rings. The third-order valence-corrected chi connectivity index (χ3v) is 15.7. The Labute approximate surface area is 457 Å². The number of hydrogen-bond acceptors (Lipinski definition) is 4. The third-order valence-electron chi connectivity index (χ3n) is 15.7. The molecule has 0 radical (unpaired) electrons. The van der Waals surface area contributed by atoms with Crippen LogP contribution in [0.5, 0.6) is 0 Å². The molecule has 0 aliphatic heterocycles. The summed E-state index contributed by atoms with van der Waals surface area (Å²) in [7, 11) is 0. The van der Waals surface area contributed by atoms with Crippen LogP contribution < -0.4 is 19.6 Å². The minimum absolute atomic E-state index is 0.586. The van der Waals surface area contributed by atoms with E-state index in [0.717, 1.165) is 74.7 Å². The Morgan fingerprint density at radius 2 is 0.538 bits per heavy atom. The molecule has 1 spiro atoms. The number of hydrogen-bond donors (Lipinski definition) is 0. The van der Waals surface area contributed by atoms with Crippen molar-refractivity contribution in [1.82, 2.24) is 0 Å². The molecule has 4 nitrogen and oxygen atoms in total. The molecule has 11 aromatic carbocycles. The molecule has 0 atom stereocenters. The second-order valence-electron chi connectivity index (χ2n) is 20.0. The van der Waals surface area contributed by atoms with Gasteiger partial charge in [0.05, 0.1) is 5.41 Å². The van der Waals surface area contributed by atoms with Gasteiger partial charge in [-0.25, -0.2) is 0 Å². The largest absolute Gasteiger partial charge is 0.311 e. The minimum Gasteiger partial charge on any atom is -0.311 e. The van der Waals surface area contributed by atoms with E-state index in [1.54, 1.807) is 0 Å². The number of benzene rings is 11. The molecule has 3 aliphatic carbocycles. The van der Waals surface area contributed by atoms with Crippen molar-refractivity contribution in [2.45, 2.75) is 11.8 Å². The van der Waals surface area contributed by atoms with Gasteiger partial charge in [-0.2, -0.15) is 0 Å². The van der Waals surface area contributed by atoms with Gasteiger partial charge in [0.15, 0.2) is 0 Å². The van der Waals surface area contributed by atoms with Crippen molar-refractivity contribution in [2.75, 3.05) is 19.6 Å². The Morgan fingerprint density at radius 3 is 0.897 bits per heavy atom. The number of anilines is 12. The second-order valence-corrected chi connectivity index (χ2v) is 20.0. The maximum atomic E-state index is 2.50. The molecule has 370 valence electrons. The zero-order chi connectivity index (χ0) is 51.8. The molecule has 0 heterocycles. The van der Waals surface area contributed by atoms with Crippen molar-refractivity contribution < 1.29 is 0 Å². The Kier molecular flexibility index (Phi) is 11.8.